The molecule has 3 aromatic carbocycles. The Morgan fingerprint density at radius 3 is 1.53 bits per heavy atom. The summed E-state index contributed by atoms with van der Waals surface area (Å²) >= 11 is 0. The van der Waals surface area contributed by atoms with Gasteiger partial charge in [-0.05, 0) is 66.7 Å². The van der Waals surface area contributed by atoms with Crippen molar-refractivity contribution in [2.45, 2.75) is 0 Å². The van der Waals surface area contributed by atoms with Crippen molar-refractivity contribution in [1.29, 1.82) is 0 Å². The average molecular weight is 418 g/mol. The predicted octanol–water partition coefficient (Wildman–Crippen LogP) is 4.67. The molecule has 4 nitrogen and oxygen atoms in total. The van der Waals surface area contributed by atoms with E-state index in [0.717, 1.165) is 34.4 Å². The lowest BCUT2D eigenvalue weighted by molar-refractivity contribution is -0.129. The van der Waals surface area contributed by atoms with E-state index >= 15 is 0 Å². The smallest absolute Gasteiger partial charge is 0.335 e. The Kier molecular flexibility index (Phi) is 7.41. The Morgan fingerprint density at radius 1 is 0.594 bits per heavy atom. The van der Waals surface area contributed by atoms with Gasteiger partial charge in [0.05, 0.1) is 0 Å². The van der Waals surface area contributed by atoms with Crippen LogP contribution in [0.3, 0.4) is 0 Å². The first-order chi connectivity index (χ1) is 15.6. The van der Waals surface area contributed by atoms with Crippen LogP contribution in [-0.2, 0) is 9.59 Å². The highest BCUT2D eigenvalue weighted by atomic mass is 16.5. The molecule has 0 heterocycles. The zero-order valence-electron chi connectivity index (χ0n) is 17.1. The molecule has 0 fully saturated rings. The number of carbonyl (C=O) groups is 2. The van der Waals surface area contributed by atoms with Crippen LogP contribution in [-0.4, -0.2) is 11.9 Å². The minimum Gasteiger partial charge on any atom is -0.423 e. The van der Waals surface area contributed by atoms with E-state index in [1.807, 2.05) is 30.3 Å². The van der Waals surface area contributed by atoms with Crippen molar-refractivity contribution >= 4 is 11.9 Å². The molecular weight excluding hydrogens is 400 g/mol. The highest BCUT2D eigenvalue weighted by molar-refractivity contribution is 5.83. The molecule has 0 aliphatic carbocycles. The van der Waals surface area contributed by atoms with E-state index in [1.165, 1.54) is 0 Å². The van der Waals surface area contributed by atoms with Crippen LogP contribution in [0.2, 0.25) is 0 Å². The van der Waals surface area contributed by atoms with Crippen LogP contribution >= 0.6 is 0 Å². The van der Waals surface area contributed by atoms with E-state index in [2.05, 4.69) is 36.8 Å². The fourth-order valence-corrected chi connectivity index (χ4v) is 2.48. The van der Waals surface area contributed by atoms with Gasteiger partial charge in [-0.2, -0.15) is 0 Å². The minimum absolute atomic E-state index is 0.416. The summed E-state index contributed by atoms with van der Waals surface area (Å²) in [5.41, 5.74) is 3.20. The molecule has 0 atom stereocenters. The molecule has 0 spiro atoms. The Hall–Kier alpha value is -4.80. The summed E-state index contributed by atoms with van der Waals surface area (Å²) in [6, 6.07) is 21.4. The fourth-order valence-electron chi connectivity index (χ4n) is 2.48. The van der Waals surface area contributed by atoms with Gasteiger partial charge in [-0.1, -0.05) is 42.9 Å². The van der Waals surface area contributed by atoms with Gasteiger partial charge in [0.2, 0.25) is 0 Å². The molecule has 4 heteroatoms. The lowest BCUT2D eigenvalue weighted by Crippen LogP contribution is -2.02. The van der Waals surface area contributed by atoms with Crippen molar-refractivity contribution in [2.24, 2.45) is 0 Å². The maximum absolute atomic E-state index is 11.3. The molecule has 32 heavy (non-hydrogen) atoms. The Labute approximate surface area is 186 Å². The second kappa shape index (κ2) is 10.8. The highest BCUT2D eigenvalue weighted by Gasteiger charge is 2.00. The van der Waals surface area contributed by atoms with E-state index < -0.39 is 11.9 Å². The lowest BCUT2D eigenvalue weighted by Gasteiger charge is -2.00. The van der Waals surface area contributed by atoms with Crippen molar-refractivity contribution in [3.63, 3.8) is 0 Å². The molecule has 3 aromatic rings. The van der Waals surface area contributed by atoms with Crippen molar-refractivity contribution in [2.75, 3.05) is 0 Å². The SMILES string of the molecule is C=CC(=O)Oc1ccc(C#Cc2ccc(C#Cc3cccc(OC(=O)C=C)c3)cc2)cc1. The number of carbonyl (C=O) groups excluding carboxylic acids is 2. The molecule has 0 radical (unpaired) electrons. The largest absolute Gasteiger partial charge is 0.423 e. The summed E-state index contributed by atoms with van der Waals surface area (Å²) in [4.78, 5) is 22.5. The Morgan fingerprint density at radius 2 is 1.03 bits per heavy atom. The van der Waals surface area contributed by atoms with Crippen LogP contribution < -0.4 is 9.47 Å². The third-order valence-electron chi connectivity index (χ3n) is 4.05. The topological polar surface area (TPSA) is 52.6 Å². The monoisotopic (exact) mass is 418 g/mol. The maximum Gasteiger partial charge on any atom is 0.335 e. The van der Waals surface area contributed by atoms with Gasteiger partial charge >= 0.3 is 11.9 Å². The molecule has 0 amide bonds. The van der Waals surface area contributed by atoms with E-state index in [-0.39, 0.29) is 0 Å². The van der Waals surface area contributed by atoms with Crippen molar-refractivity contribution in [1.82, 2.24) is 0 Å². The van der Waals surface area contributed by atoms with Crippen LogP contribution in [0, 0.1) is 23.7 Å². The van der Waals surface area contributed by atoms with Gasteiger partial charge in [0, 0.05) is 34.4 Å². The second-order valence-corrected chi connectivity index (χ2v) is 6.38. The highest BCUT2D eigenvalue weighted by Crippen LogP contribution is 2.14. The molecular formula is C28H18O4. The average Bonchev–Trinajstić information content (AvgIpc) is 2.83. The predicted molar refractivity (Wildman–Crippen MR) is 123 cm³/mol. The summed E-state index contributed by atoms with van der Waals surface area (Å²) in [6.45, 7) is 6.74. The number of hydrogen-bond donors (Lipinski definition) is 0. The van der Waals surface area contributed by atoms with Gasteiger partial charge in [-0.15, -0.1) is 0 Å². The van der Waals surface area contributed by atoms with Gasteiger partial charge in [0.1, 0.15) is 11.5 Å². The van der Waals surface area contributed by atoms with Gasteiger partial charge in [-0.3, -0.25) is 0 Å². The van der Waals surface area contributed by atoms with Crippen LogP contribution in [0.1, 0.15) is 22.3 Å². The standard InChI is InChI=1S/C28H18O4/c1-3-27(29)31-25-18-16-23(17-19-25)13-12-21-8-10-22(11-9-21)14-15-24-6-5-7-26(20-24)32-28(30)4-2/h3-11,16-20H,1-2H2. The van der Waals surface area contributed by atoms with Crippen LogP contribution in [0.5, 0.6) is 11.5 Å². The minimum atomic E-state index is -0.515. The number of rotatable bonds is 4. The van der Waals surface area contributed by atoms with Crippen molar-refractivity contribution in [3.8, 4) is 35.2 Å². The molecule has 0 N–H and O–H groups in total. The Balaban J connectivity index is 1.65. The quantitative estimate of drug-likeness (QED) is 0.267. The molecule has 0 saturated carbocycles. The summed E-state index contributed by atoms with van der Waals surface area (Å²) in [5, 5.41) is 0. The summed E-state index contributed by atoms with van der Waals surface area (Å²) in [6.07, 6.45) is 2.22. The molecule has 0 bridgehead atoms. The fraction of sp³-hybridized carbons (Fsp3) is 0. The lowest BCUT2D eigenvalue weighted by atomic mass is 10.1. The number of esters is 2. The first-order valence-electron chi connectivity index (χ1n) is 9.58. The summed E-state index contributed by atoms with van der Waals surface area (Å²) in [5.74, 6) is 12.1. The molecule has 0 aromatic heterocycles. The summed E-state index contributed by atoms with van der Waals surface area (Å²) < 4.78 is 10.1. The number of ether oxygens (including phenoxy) is 2. The summed E-state index contributed by atoms with van der Waals surface area (Å²) in [7, 11) is 0. The van der Waals surface area contributed by atoms with Crippen LogP contribution in [0.25, 0.3) is 0 Å². The maximum atomic E-state index is 11.3. The van der Waals surface area contributed by atoms with E-state index in [1.54, 1.807) is 42.5 Å². The van der Waals surface area contributed by atoms with Crippen LogP contribution in [0.15, 0.2) is 98.1 Å². The van der Waals surface area contributed by atoms with E-state index in [0.29, 0.717) is 11.5 Å². The molecule has 0 aliphatic heterocycles. The van der Waals surface area contributed by atoms with Gasteiger partial charge < -0.3 is 9.47 Å². The van der Waals surface area contributed by atoms with E-state index in [9.17, 15) is 9.59 Å². The first kappa shape index (κ1) is 21.9. The van der Waals surface area contributed by atoms with Gasteiger partial charge in [0.15, 0.2) is 0 Å². The van der Waals surface area contributed by atoms with Crippen molar-refractivity contribution in [3.05, 3.63) is 120 Å². The molecule has 0 aliphatic rings. The molecule has 0 saturated heterocycles. The zero-order valence-corrected chi connectivity index (χ0v) is 17.1. The first-order valence-corrected chi connectivity index (χ1v) is 9.58. The van der Waals surface area contributed by atoms with Crippen molar-refractivity contribution < 1.29 is 19.1 Å². The second-order valence-electron chi connectivity index (χ2n) is 6.38. The molecule has 3 rings (SSSR count). The third kappa shape index (κ3) is 6.62. The van der Waals surface area contributed by atoms with Gasteiger partial charge in [0.25, 0.3) is 0 Å². The number of hydrogen-bond acceptors (Lipinski definition) is 4. The molecule has 0 unspecified atom stereocenters. The third-order valence-corrected chi connectivity index (χ3v) is 4.05. The van der Waals surface area contributed by atoms with E-state index in [4.69, 9.17) is 9.47 Å². The molecule has 154 valence electrons. The normalized spacial score (nSPS) is 9.25. The van der Waals surface area contributed by atoms with Crippen LogP contribution in [0.4, 0.5) is 0 Å². The zero-order chi connectivity index (χ0) is 22.8. The van der Waals surface area contributed by atoms with Gasteiger partial charge in [-0.25, -0.2) is 9.59 Å². The number of benzene rings is 3. The Bertz CT molecular complexity index is 1280.